The molecule has 4 rings (SSSR count). The first-order valence-electron chi connectivity index (χ1n) is 8.86. The summed E-state index contributed by atoms with van der Waals surface area (Å²) in [5, 5.41) is 12.2. The molecular formula is C17H23Cl2N5O2S. The topological polar surface area (TPSA) is 80.1 Å². The molecule has 0 unspecified atom stereocenters. The van der Waals surface area contributed by atoms with Crippen LogP contribution in [0.5, 0.6) is 0 Å². The van der Waals surface area contributed by atoms with Crippen LogP contribution in [0.1, 0.15) is 36.0 Å². The largest absolute Gasteiger partial charge is 0.312 e. The Bertz CT molecular complexity index is 923. The molecule has 1 aromatic heterocycles. The predicted molar refractivity (Wildman–Crippen MR) is 106 cm³/mol. The molecule has 2 aliphatic rings. The highest BCUT2D eigenvalue weighted by molar-refractivity contribution is 7.89. The fraction of sp³-hybridized carbons (Fsp3) is 0.529. The van der Waals surface area contributed by atoms with Gasteiger partial charge in [-0.3, -0.25) is 0 Å². The molecule has 0 spiro atoms. The van der Waals surface area contributed by atoms with Crippen molar-refractivity contribution in [2.45, 2.75) is 43.7 Å². The molecule has 0 amide bonds. The second-order valence-corrected chi connectivity index (χ2v) is 9.23. The third-order valence-corrected chi connectivity index (χ3v) is 7.56. The summed E-state index contributed by atoms with van der Waals surface area (Å²) in [5.74, 6) is 2.20. The number of aromatic nitrogens is 3. The van der Waals surface area contributed by atoms with Gasteiger partial charge in [0.2, 0.25) is 10.0 Å². The summed E-state index contributed by atoms with van der Waals surface area (Å²) in [5.41, 5.74) is 0.881. The lowest BCUT2D eigenvalue weighted by Crippen LogP contribution is -2.39. The van der Waals surface area contributed by atoms with Crippen molar-refractivity contribution in [2.75, 3.05) is 19.6 Å². The first kappa shape index (κ1) is 20.5. The molecule has 1 aromatic carbocycles. The summed E-state index contributed by atoms with van der Waals surface area (Å²) in [6, 6.07) is 5.11. The van der Waals surface area contributed by atoms with Crippen molar-refractivity contribution in [3.05, 3.63) is 40.4 Å². The molecule has 0 saturated carbocycles. The number of hydrogen-bond donors (Lipinski definition) is 1. The first-order valence-corrected chi connectivity index (χ1v) is 10.7. The molecule has 7 nitrogen and oxygen atoms in total. The lowest BCUT2D eigenvalue weighted by atomic mass is 9.97. The first-order chi connectivity index (χ1) is 12.5. The quantitative estimate of drug-likeness (QED) is 0.806. The predicted octanol–water partition coefficient (Wildman–Crippen LogP) is 2.33. The smallest absolute Gasteiger partial charge is 0.244 e. The van der Waals surface area contributed by atoms with Crippen LogP contribution in [0.3, 0.4) is 0 Å². The third kappa shape index (κ3) is 3.86. The molecule has 1 N–H and O–H groups in total. The van der Waals surface area contributed by atoms with Crippen molar-refractivity contribution in [3.8, 4) is 0 Å². The molecule has 0 radical (unpaired) electrons. The van der Waals surface area contributed by atoms with Crippen molar-refractivity contribution in [2.24, 2.45) is 0 Å². The molecule has 1 saturated heterocycles. The summed E-state index contributed by atoms with van der Waals surface area (Å²) >= 11 is 6.16. The molecule has 0 bridgehead atoms. The summed E-state index contributed by atoms with van der Waals surface area (Å²) in [4.78, 5) is 0.198. The minimum Gasteiger partial charge on any atom is -0.312 e. The third-order valence-electron chi connectivity index (χ3n) is 5.17. The van der Waals surface area contributed by atoms with Crippen LogP contribution in [0, 0.1) is 6.92 Å². The van der Waals surface area contributed by atoms with Gasteiger partial charge >= 0.3 is 0 Å². The van der Waals surface area contributed by atoms with Gasteiger partial charge in [-0.2, -0.15) is 4.31 Å². The Morgan fingerprint density at radius 3 is 2.67 bits per heavy atom. The van der Waals surface area contributed by atoms with E-state index in [9.17, 15) is 8.42 Å². The number of benzene rings is 1. The Hall–Kier alpha value is -1.19. The van der Waals surface area contributed by atoms with E-state index in [1.807, 2.05) is 13.0 Å². The van der Waals surface area contributed by atoms with Gasteiger partial charge in [0.25, 0.3) is 0 Å². The molecule has 1 fully saturated rings. The van der Waals surface area contributed by atoms with E-state index < -0.39 is 10.0 Å². The van der Waals surface area contributed by atoms with Gasteiger partial charge in [0, 0.05) is 32.1 Å². The van der Waals surface area contributed by atoms with Crippen LogP contribution in [0.4, 0.5) is 0 Å². The second-order valence-electron chi connectivity index (χ2n) is 6.92. The number of sulfonamides is 1. The van der Waals surface area contributed by atoms with E-state index in [4.69, 9.17) is 11.6 Å². The number of aryl methyl sites for hydroxylation is 1. The van der Waals surface area contributed by atoms with Gasteiger partial charge in [0.05, 0.1) is 11.6 Å². The van der Waals surface area contributed by atoms with Gasteiger partial charge in [-0.1, -0.05) is 17.7 Å². The number of fused-ring (bicyclic) bond motifs is 1. The Labute approximate surface area is 170 Å². The Balaban J connectivity index is 0.00000210. The molecular weight excluding hydrogens is 409 g/mol. The van der Waals surface area contributed by atoms with Crippen molar-refractivity contribution in [1.82, 2.24) is 24.4 Å². The zero-order valence-corrected chi connectivity index (χ0v) is 17.4. The monoisotopic (exact) mass is 431 g/mol. The van der Waals surface area contributed by atoms with Crippen molar-refractivity contribution < 1.29 is 8.42 Å². The highest BCUT2D eigenvalue weighted by Crippen LogP contribution is 2.32. The van der Waals surface area contributed by atoms with Crippen molar-refractivity contribution >= 4 is 34.0 Å². The van der Waals surface area contributed by atoms with Gasteiger partial charge in [0.15, 0.2) is 0 Å². The van der Waals surface area contributed by atoms with Crippen molar-refractivity contribution in [3.63, 3.8) is 0 Å². The van der Waals surface area contributed by atoms with Gasteiger partial charge in [-0.05, 0) is 37.5 Å². The molecule has 2 aromatic rings. The van der Waals surface area contributed by atoms with E-state index in [1.54, 1.807) is 16.4 Å². The summed E-state index contributed by atoms with van der Waals surface area (Å²) in [6.07, 6.45) is 1.49. The number of halogens is 2. The zero-order chi connectivity index (χ0) is 18.3. The standard InChI is InChI=1S/C17H22ClN5O2S.ClH/c1-12-2-3-14(18)15(10-12)26(24,25)22-7-4-13(5-8-22)17-21-20-16-11-19-6-9-23(16)17;/h2-3,10,13,19H,4-9,11H2,1H3;1H. The zero-order valence-electron chi connectivity index (χ0n) is 15.1. The highest BCUT2D eigenvalue weighted by Gasteiger charge is 2.33. The molecule has 3 heterocycles. The fourth-order valence-corrected chi connectivity index (χ4v) is 5.75. The molecule has 27 heavy (non-hydrogen) atoms. The van der Waals surface area contributed by atoms with E-state index >= 15 is 0 Å². The molecule has 148 valence electrons. The Kier molecular flexibility index (Phi) is 6.12. The van der Waals surface area contributed by atoms with Crippen LogP contribution in [0.25, 0.3) is 0 Å². The number of hydrogen-bond acceptors (Lipinski definition) is 5. The van der Waals surface area contributed by atoms with Crippen LogP contribution in [0.2, 0.25) is 5.02 Å². The van der Waals surface area contributed by atoms with E-state index in [2.05, 4.69) is 20.1 Å². The maximum atomic E-state index is 13.0. The van der Waals surface area contributed by atoms with Gasteiger partial charge in [0.1, 0.15) is 16.5 Å². The van der Waals surface area contributed by atoms with Crippen LogP contribution in [-0.4, -0.2) is 47.1 Å². The molecule has 0 atom stereocenters. The molecule has 2 aliphatic heterocycles. The maximum Gasteiger partial charge on any atom is 0.244 e. The van der Waals surface area contributed by atoms with E-state index in [1.165, 1.54) is 0 Å². The summed E-state index contributed by atoms with van der Waals surface area (Å²) < 4.78 is 29.7. The summed E-state index contributed by atoms with van der Waals surface area (Å²) in [7, 11) is -3.58. The lowest BCUT2D eigenvalue weighted by Gasteiger charge is -2.31. The molecule has 10 heteroatoms. The lowest BCUT2D eigenvalue weighted by molar-refractivity contribution is 0.307. The van der Waals surface area contributed by atoms with Crippen LogP contribution in [0.15, 0.2) is 23.1 Å². The Morgan fingerprint density at radius 1 is 1.19 bits per heavy atom. The van der Waals surface area contributed by atoms with Crippen LogP contribution >= 0.6 is 24.0 Å². The number of nitrogens with one attached hydrogen (secondary N) is 1. The van der Waals surface area contributed by atoms with E-state index in [0.717, 1.165) is 49.7 Å². The van der Waals surface area contributed by atoms with Gasteiger partial charge in [-0.15, -0.1) is 22.6 Å². The second kappa shape index (κ2) is 8.05. The minimum absolute atomic E-state index is 0. The maximum absolute atomic E-state index is 13.0. The van der Waals surface area contributed by atoms with Crippen molar-refractivity contribution in [1.29, 1.82) is 0 Å². The Morgan fingerprint density at radius 2 is 1.93 bits per heavy atom. The number of rotatable bonds is 3. The fourth-order valence-electron chi connectivity index (χ4n) is 3.72. The van der Waals surface area contributed by atoms with Crippen LogP contribution < -0.4 is 5.32 Å². The SMILES string of the molecule is Cc1ccc(Cl)c(S(=O)(=O)N2CCC(c3nnc4n3CCNC4)CC2)c1.Cl. The van der Waals surface area contributed by atoms with E-state index in [-0.39, 0.29) is 28.2 Å². The highest BCUT2D eigenvalue weighted by atomic mass is 35.5. The van der Waals surface area contributed by atoms with Gasteiger partial charge < -0.3 is 9.88 Å². The average Bonchev–Trinajstić information content (AvgIpc) is 3.08. The minimum atomic E-state index is -3.58. The van der Waals surface area contributed by atoms with Gasteiger partial charge in [-0.25, -0.2) is 8.42 Å². The normalized spacial score (nSPS) is 18.7. The molecule has 0 aliphatic carbocycles. The van der Waals surface area contributed by atoms with E-state index in [0.29, 0.717) is 13.1 Å². The average molecular weight is 432 g/mol. The number of piperidine rings is 1. The van der Waals surface area contributed by atoms with Crippen LogP contribution in [-0.2, 0) is 23.1 Å². The number of nitrogens with zero attached hydrogens (tertiary/aromatic N) is 4. The summed E-state index contributed by atoms with van der Waals surface area (Å²) in [6.45, 7) is 5.33.